The summed E-state index contributed by atoms with van der Waals surface area (Å²) in [5.74, 6) is -0.737. The van der Waals surface area contributed by atoms with Gasteiger partial charge in [0.1, 0.15) is 0 Å². The Kier molecular flexibility index (Phi) is 3.99. The number of hydrogen-bond acceptors (Lipinski definition) is 4. The minimum absolute atomic E-state index is 0.295. The van der Waals surface area contributed by atoms with Crippen LogP contribution >= 0.6 is 0 Å². The number of benzene rings is 2. The van der Waals surface area contributed by atoms with Gasteiger partial charge in [-0.05, 0) is 17.7 Å². The van der Waals surface area contributed by atoms with E-state index in [1.165, 1.54) is 11.7 Å². The van der Waals surface area contributed by atoms with Gasteiger partial charge in [0.25, 0.3) is 5.91 Å². The van der Waals surface area contributed by atoms with Crippen LogP contribution in [0.25, 0.3) is 11.1 Å². The molecule has 0 saturated heterocycles. The number of methoxy groups -OCH3 is 1. The average Bonchev–Trinajstić information content (AvgIpc) is 2.83. The molecular weight excluding hydrogens is 296 g/mol. The predicted molar refractivity (Wildman–Crippen MR) is 86.3 cm³/mol. The van der Waals surface area contributed by atoms with E-state index >= 15 is 0 Å². The monoisotopic (exact) mass is 312 g/mol. The van der Waals surface area contributed by atoms with E-state index in [-0.39, 0.29) is 5.91 Å². The number of aromatic nitrogens is 1. The number of nitrogens with zero attached hydrogens (tertiary/aromatic N) is 1. The Balaban J connectivity index is 1.86. The van der Waals surface area contributed by atoms with Gasteiger partial charge >= 0.3 is 5.76 Å². The summed E-state index contributed by atoms with van der Waals surface area (Å²) in [6.07, 6.45) is -0.713. The van der Waals surface area contributed by atoms with Gasteiger partial charge in [0.05, 0.1) is 5.52 Å². The summed E-state index contributed by atoms with van der Waals surface area (Å²) in [7, 11) is 3.11. The minimum atomic E-state index is -0.713. The Labute approximate surface area is 132 Å². The van der Waals surface area contributed by atoms with Crippen molar-refractivity contribution in [2.75, 3.05) is 12.4 Å². The van der Waals surface area contributed by atoms with E-state index in [4.69, 9.17) is 9.15 Å². The van der Waals surface area contributed by atoms with Gasteiger partial charge in [0, 0.05) is 25.9 Å². The molecule has 118 valence electrons. The van der Waals surface area contributed by atoms with Crippen LogP contribution in [0.1, 0.15) is 11.7 Å². The number of aryl methyl sites for hydroxylation is 1. The highest BCUT2D eigenvalue weighted by Crippen LogP contribution is 2.21. The van der Waals surface area contributed by atoms with E-state index in [0.717, 1.165) is 5.56 Å². The van der Waals surface area contributed by atoms with Crippen molar-refractivity contribution in [1.29, 1.82) is 0 Å². The van der Waals surface area contributed by atoms with Gasteiger partial charge in [0.2, 0.25) is 0 Å². The van der Waals surface area contributed by atoms with Gasteiger partial charge in [0.15, 0.2) is 11.7 Å². The lowest BCUT2D eigenvalue weighted by atomic mass is 10.1. The number of oxazole rings is 1. The normalized spacial score (nSPS) is 12.3. The molecule has 0 spiro atoms. The molecule has 1 heterocycles. The lowest BCUT2D eigenvalue weighted by molar-refractivity contribution is -0.126. The molecule has 3 rings (SSSR count). The van der Waals surface area contributed by atoms with E-state index in [2.05, 4.69) is 5.32 Å². The third-order valence-electron chi connectivity index (χ3n) is 3.64. The van der Waals surface area contributed by atoms with Crippen molar-refractivity contribution in [2.45, 2.75) is 6.10 Å². The van der Waals surface area contributed by atoms with Crippen LogP contribution in [0.15, 0.2) is 57.7 Å². The van der Waals surface area contributed by atoms with Crippen molar-refractivity contribution in [1.82, 2.24) is 4.57 Å². The molecule has 0 aliphatic heterocycles. The van der Waals surface area contributed by atoms with Crippen LogP contribution in [0.4, 0.5) is 5.69 Å². The summed E-state index contributed by atoms with van der Waals surface area (Å²) in [5.41, 5.74) is 2.39. The van der Waals surface area contributed by atoms with Crippen LogP contribution in [0.5, 0.6) is 0 Å². The molecule has 1 N–H and O–H groups in total. The molecule has 23 heavy (non-hydrogen) atoms. The highest BCUT2D eigenvalue weighted by atomic mass is 16.5. The van der Waals surface area contributed by atoms with Gasteiger partial charge in [-0.3, -0.25) is 9.36 Å². The highest BCUT2D eigenvalue weighted by molar-refractivity contribution is 5.96. The van der Waals surface area contributed by atoms with E-state index in [1.807, 2.05) is 30.3 Å². The first kappa shape index (κ1) is 15.1. The molecule has 1 amide bonds. The molecular formula is C17H16N2O4. The number of hydrogen-bond donors (Lipinski definition) is 1. The molecule has 0 unspecified atom stereocenters. The summed E-state index contributed by atoms with van der Waals surface area (Å²) < 4.78 is 11.8. The third kappa shape index (κ3) is 2.89. The number of rotatable bonds is 4. The summed E-state index contributed by atoms with van der Waals surface area (Å²) >= 11 is 0. The van der Waals surface area contributed by atoms with Crippen LogP contribution in [-0.2, 0) is 16.6 Å². The number of anilines is 1. The quantitative estimate of drug-likeness (QED) is 0.803. The fraction of sp³-hybridized carbons (Fsp3) is 0.176. The zero-order valence-electron chi connectivity index (χ0n) is 12.8. The smallest absolute Gasteiger partial charge is 0.408 e. The summed E-state index contributed by atoms with van der Waals surface area (Å²) in [5, 5.41) is 2.78. The SMILES string of the molecule is CO[C@@H](C(=O)Nc1ccc2c(c1)oc(=O)n2C)c1ccccc1. The van der Waals surface area contributed by atoms with Crippen LogP contribution in [0, 0.1) is 0 Å². The molecule has 0 aliphatic rings. The predicted octanol–water partition coefficient (Wildman–Crippen LogP) is 2.46. The number of carbonyl (C=O) groups excluding carboxylic acids is 1. The Morgan fingerprint density at radius 3 is 2.65 bits per heavy atom. The largest absolute Gasteiger partial charge is 0.419 e. The first-order chi connectivity index (χ1) is 11.1. The molecule has 0 saturated carbocycles. The number of amides is 1. The van der Waals surface area contributed by atoms with Crippen molar-refractivity contribution < 1.29 is 13.9 Å². The van der Waals surface area contributed by atoms with Crippen molar-refractivity contribution in [3.63, 3.8) is 0 Å². The first-order valence-electron chi connectivity index (χ1n) is 7.08. The maximum absolute atomic E-state index is 12.4. The van der Waals surface area contributed by atoms with Gasteiger partial charge in [-0.2, -0.15) is 0 Å². The molecule has 6 heteroatoms. The summed E-state index contributed by atoms with van der Waals surface area (Å²) in [6.45, 7) is 0. The van der Waals surface area contributed by atoms with Gasteiger partial charge in [-0.25, -0.2) is 4.79 Å². The van der Waals surface area contributed by atoms with Gasteiger partial charge in [-0.15, -0.1) is 0 Å². The molecule has 2 aromatic carbocycles. The second-order valence-corrected chi connectivity index (χ2v) is 5.13. The van der Waals surface area contributed by atoms with Crippen LogP contribution in [0.2, 0.25) is 0 Å². The number of carbonyl (C=O) groups is 1. The van der Waals surface area contributed by atoms with Crippen LogP contribution in [0.3, 0.4) is 0 Å². The maximum atomic E-state index is 12.4. The molecule has 6 nitrogen and oxygen atoms in total. The van der Waals surface area contributed by atoms with Crippen molar-refractivity contribution in [2.24, 2.45) is 7.05 Å². The van der Waals surface area contributed by atoms with Crippen molar-refractivity contribution >= 4 is 22.7 Å². The second-order valence-electron chi connectivity index (χ2n) is 5.13. The topological polar surface area (TPSA) is 73.5 Å². The molecule has 3 aromatic rings. The van der Waals surface area contributed by atoms with Gasteiger partial charge < -0.3 is 14.5 Å². The zero-order valence-corrected chi connectivity index (χ0v) is 12.8. The number of nitrogens with one attached hydrogen (secondary N) is 1. The molecule has 0 aliphatic carbocycles. The zero-order chi connectivity index (χ0) is 16.4. The fourth-order valence-corrected chi connectivity index (χ4v) is 2.44. The van der Waals surface area contributed by atoms with E-state index in [1.54, 1.807) is 25.2 Å². The second kappa shape index (κ2) is 6.10. The number of fused-ring (bicyclic) bond motifs is 1. The standard InChI is InChI=1S/C17H16N2O4/c1-19-13-9-8-12(10-14(13)23-17(19)21)18-16(20)15(22-2)11-6-4-3-5-7-11/h3-10,15H,1-2H3,(H,18,20)/t15-/m1/s1. The fourth-order valence-electron chi connectivity index (χ4n) is 2.44. The van der Waals surface area contributed by atoms with Gasteiger partial charge in [-0.1, -0.05) is 30.3 Å². The van der Waals surface area contributed by atoms with Crippen LogP contribution in [-0.4, -0.2) is 17.6 Å². The summed E-state index contributed by atoms with van der Waals surface area (Å²) in [4.78, 5) is 23.9. The minimum Gasteiger partial charge on any atom is -0.408 e. The molecule has 1 aromatic heterocycles. The molecule has 0 fully saturated rings. The van der Waals surface area contributed by atoms with E-state index in [0.29, 0.717) is 16.8 Å². The Morgan fingerprint density at radius 2 is 1.96 bits per heavy atom. The maximum Gasteiger partial charge on any atom is 0.419 e. The Morgan fingerprint density at radius 1 is 1.22 bits per heavy atom. The Bertz CT molecular complexity index is 896. The molecule has 1 atom stereocenters. The van der Waals surface area contributed by atoms with Crippen molar-refractivity contribution in [3.8, 4) is 0 Å². The molecule has 0 bridgehead atoms. The molecule has 0 radical (unpaired) electrons. The average molecular weight is 312 g/mol. The van der Waals surface area contributed by atoms with Crippen LogP contribution < -0.4 is 11.1 Å². The lowest BCUT2D eigenvalue weighted by Gasteiger charge is -2.15. The first-order valence-corrected chi connectivity index (χ1v) is 7.08. The number of ether oxygens (including phenoxy) is 1. The summed E-state index contributed by atoms with van der Waals surface area (Å²) in [6, 6.07) is 14.3. The van der Waals surface area contributed by atoms with E-state index in [9.17, 15) is 9.59 Å². The van der Waals surface area contributed by atoms with Crippen molar-refractivity contribution in [3.05, 3.63) is 64.6 Å². The highest BCUT2D eigenvalue weighted by Gasteiger charge is 2.20. The Hall–Kier alpha value is -2.86. The van der Waals surface area contributed by atoms with E-state index < -0.39 is 11.9 Å². The third-order valence-corrected chi connectivity index (χ3v) is 3.64. The lowest BCUT2D eigenvalue weighted by Crippen LogP contribution is -2.22.